The van der Waals surface area contributed by atoms with Crippen molar-refractivity contribution in [1.29, 1.82) is 0 Å². The zero-order valence-corrected chi connectivity index (χ0v) is 13.5. The zero-order chi connectivity index (χ0) is 16.8. The van der Waals surface area contributed by atoms with Gasteiger partial charge in [0.2, 0.25) is 0 Å². The highest BCUT2D eigenvalue weighted by Gasteiger charge is 2.24. The van der Waals surface area contributed by atoms with Gasteiger partial charge in [-0.15, -0.1) is 0 Å². The Morgan fingerprint density at radius 2 is 2.08 bits per heavy atom. The van der Waals surface area contributed by atoms with Gasteiger partial charge in [-0.1, -0.05) is 18.2 Å². The Morgan fingerprint density at radius 1 is 1.25 bits per heavy atom. The van der Waals surface area contributed by atoms with E-state index in [9.17, 15) is 9.18 Å². The fourth-order valence-electron chi connectivity index (χ4n) is 3.07. The average molecular weight is 328 g/mol. The topological polar surface area (TPSA) is 42.4 Å². The number of aromatic nitrogens is 1. The summed E-state index contributed by atoms with van der Waals surface area (Å²) in [7, 11) is 0. The predicted molar refractivity (Wildman–Crippen MR) is 89.1 cm³/mol. The first-order valence-electron chi connectivity index (χ1n) is 8.27. The summed E-state index contributed by atoms with van der Waals surface area (Å²) in [6, 6.07) is 12.0. The number of nitrogens with zero attached hydrogens (tertiary/aromatic N) is 2. The number of halogens is 1. The maximum Gasteiger partial charge on any atom is 0.260 e. The molecule has 0 unspecified atom stereocenters. The van der Waals surface area contributed by atoms with Crippen molar-refractivity contribution in [2.75, 3.05) is 19.7 Å². The van der Waals surface area contributed by atoms with Crippen molar-refractivity contribution in [3.8, 4) is 5.75 Å². The van der Waals surface area contributed by atoms with Gasteiger partial charge >= 0.3 is 0 Å². The van der Waals surface area contributed by atoms with Crippen molar-refractivity contribution in [2.45, 2.75) is 19.3 Å². The number of piperidine rings is 1. The van der Waals surface area contributed by atoms with Gasteiger partial charge in [-0.25, -0.2) is 4.39 Å². The Balaban J connectivity index is 1.52. The van der Waals surface area contributed by atoms with Crippen molar-refractivity contribution in [3.63, 3.8) is 0 Å². The van der Waals surface area contributed by atoms with E-state index in [4.69, 9.17) is 4.74 Å². The molecule has 0 saturated carbocycles. The fraction of sp³-hybridized carbons (Fsp3) is 0.368. The molecule has 4 nitrogen and oxygen atoms in total. The highest BCUT2D eigenvalue weighted by molar-refractivity contribution is 5.77. The van der Waals surface area contributed by atoms with E-state index >= 15 is 0 Å². The number of carbonyl (C=O) groups excluding carboxylic acids is 1. The number of hydrogen-bond acceptors (Lipinski definition) is 3. The van der Waals surface area contributed by atoms with Crippen LogP contribution in [-0.4, -0.2) is 35.5 Å². The Morgan fingerprint density at radius 3 is 2.88 bits per heavy atom. The lowest BCUT2D eigenvalue weighted by Gasteiger charge is -2.32. The predicted octanol–water partition coefficient (Wildman–Crippen LogP) is 3.08. The minimum atomic E-state index is -0.447. The minimum absolute atomic E-state index is 0.0935. The van der Waals surface area contributed by atoms with Crippen LogP contribution < -0.4 is 4.74 Å². The lowest BCUT2D eigenvalue weighted by Crippen LogP contribution is -2.42. The van der Waals surface area contributed by atoms with Crippen molar-refractivity contribution in [3.05, 3.63) is 60.2 Å². The molecule has 1 aliphatic heterocycles. The summed E-state index contributed by atoms with van der Waals surface area (Å²) in [5, 5.41) is 0. The molecule has 1 aliphatic rings. The summed E-state index contributed by atoms with van der Waals surface area (Å²) in [5.41, 5.74) is 1.06. The monoisotopic (exact) mass is 328 g/mol. The molecule has 5 heteroatoms. The van der Waals surface area contributed by atoms with Gasteiger partial charge in [0.1, 0.15) is 0 Å². The fourth-order valence-corrected chi connectivity index (χ4v) is 3.07. The molecule has 1 aromatic carbocycles. The van der Waals surface area contributed by atoms with Gasteiger partial charge in [-0.3, -0.25) is 9.78 Å². The lowest BCUT2D eigenvalue weighted by atomic mass is 9.93. The van der Waals surface area contributed by atoms with Gasteiger partial charge in [0.25, 0.3) is 5.91 Å². The molecule has 3 rings (SSSR count). The third kappa shape index (κ3) is 4.31. The number of carbonyl (C=O) groups is 1. The van der Waals surface area contributed by atoms with Crippen LogP contribution in [0.4, 0.5) is 4.39 Å². The summed E-state index contributed by atoms with van der Waals surface area (Å²) in [5.74, 6) is -0.0140. The molecular weight excluding hydrogens is 307 g/mol. The molecule has 2 aromatic rings. The van der Waals surface area contributed by atoms with E-state index < -0.39 is 5.82 Å². The summed E-state index contributed by atoms with van der Waals surface area (Å²) in [6.07, 6.45) is 4.74. The van der Waals surface area contributed by atoms with Crippen LogP contribution in [-0.2, 0) is 11.2 Å². The van der Waals surface area contributed by atoms with Crippen molar-refractivity contribution in [2.24, 2.45) is 5.92 Å². The van der Waals surface area contributed by atoms with Gasteiger partial charge in [-0.05, 0) is 49.4 Å². The van der Waals surface area contributed by atoms with Gasteiger partial charge < -0.3 is 9.64 Å². The van der Waals surface area contributed by atoms with E-state index in [1.807, 2.05) is 23.1 Å². The zero-order valence-electron chi connectivity index (χ0n) is 13.5. The third-order valence-corrected chi connectivity index (χ3v) is 4.28. The normalized spacial score (nSPS) is 17.5. The minimum Gasteiger partial charge on any atom is -0.481 e. The van der Waals surface area contributed by atoms with Crippen molar-refractivity contribution in [1.82, 2.24) is 9.88 Å². The lowest BCUT2D eigenvalue weighted by molar-refractivity contribution is -0.135. The molecule has 0 aliphatic carbocycles. The van der Waals surface area contributed by atoms with E-state index in [2.05, 4.69) is 4.98 Å². The molecule has 24 heavy (non-hydrogen) atoms. The van der Waals surface area contributed by atoms with Gasteiger partial charge in [-0.2, -0.15) is 0 Å². The molecule has 0 bridgehead atoms. The first kappa shape index (κ1) is 16.4. The number of amides is 1. The summed E-state index contributed by atoms with van der Waals surface area (Å²) in [6.45, 7) is 1.31. The number of pyridine rings is 1. The second-order valence-corrected chi connectivity index (χ2v) is 6.09. The van der Waals surface area contributed by atoms with Crippen molar-refractivity contribution >= 4 is 5.91 Å². The molecule has 1 amide bonds. The van der Waals surface area contributed by atoms with Crippen LogP contribution in [0.5, 0.6) is 5.75 Å². The highest BCUT2D eigenvalue weighted by atomic mass is 19.1. The molecular formula is C19H21FN2O2. The standard InChI is InChI=1S/C19H21FN2O2/c20-17-8-1-2-9-18(17)24-14-19(23)22-11-5-6-15(13-22)12-16-7-3-4-10-21-16/h1-4,7-10,15H,5-6,11-14H2/t15-/m0/s1. The highest BCUT2D eigenvalue weighted by Crippen LogP contribution is 2.21. The van der Waals surface area contributed by atoms with Crippen LogP contribution in [0.3, 0.4) is 0 Å². The van der Waals surface area contributed by atoms with E-state index in [0.29, 0.717) is 12.5 Å². The van der Waals surface area contributed by atoms with Crippen LogP contribution in [0.15, 0.2) is 48.7 Å². The molecule has 0 N–H and O–H groups in total. The van der Waals surface area contributed by atoms with E-state index in [0.717, 1.165) is 31.5 Å². The number of hydrogen-bond donors (Lipinski definition) is 0. The number of benzene rings is 1. The third-order valence-electron chi connectivity index (χ3n) is 4.28. The summed E-state index contributed by atoms with van der Waals surface area (Å²) >= 11 is 0. The molecule has 1 aromatic heterocycles. The second-order valence-electron chi connectivity index (χ2n) is 6.09. The van der Waals surface area contributed by atoms with Crippen LogP contribution in [0.2, 0.25) is 0 Å². The van der Waals surface area contributed by atoms with Crippen molar-refractivity contribution < 1.29 is 13.9 Å². The van der Waals surface area contributed by atoms with Crippen LogP contribution in [0.25, 0.3) is 0 Å². The molecule has 2 heterocycles. The van der Waals surface area contributed by atoms with Gasteiger partial charge in [0.05, 0.1) is 0 Å². The maximum absolute atomic E-state index is 13.5. The quantitative estimate of drug-likeness (QED) is 0.847. The van der Waals surface area contributed by atoms with Crippen LogP contribution >= 0.6 is 0 Å². The smallest absolute Gasteiger partial charge is 0.260 e. The first-order valence-corrected chi connectivity index (χ1v) is 8.27. The molecule has 1 fully saturated rings. The first-order chi connectivity index (χ1) is 11.7. The van der Waals surface area contributed by atoms with Gasteiger partial charge in [0.15, 0.2) is 18.2 Å². The molecule has 0 radical (unpaired) electrons. The number of para-hydroxylation sites is 1. The summed E-state index contributed by atoms with van der Waals surface area (Å²) < 4.78 is 18.9. The number of likely N-dealkylation sites (tertiary alicyclic amines) is 1. The molecule has 126 valence electrons. The maximum atomic E-state index is 13.5. The largest absolute Gasteiger partial charge is 0.481 e. The Bertz CT molecular complexity index is 678. The molecule has 1 atom stereocenters. The Kier molecular flexibility index (Phi) is 5.41. The van der Waals surface area contributed by atoms with Crippen LogP contribution in [0, 0.1) is 11.7 Å². The summed E-state index contributed by atoms with van der Waals surface area (Å²) in [4.78, 5) is 18.5. The molecule has 0 spiro atoms. The Hall–Kier alpha value is -2.43. The van der Waals surface area contributed by atoms with E-state index in [-0.39, 0.29) is 18.3 Å². The van der Waals surface area contributed by atoms with E-state index in [1.54, 1.807) is 18.3 Å². The van der Waals surface area contributed by atoms with E-state index in [1.165, 1.54) is 12.1 Å². The second kappa shape index (κ2) is 7.90. The SMILES string of the molecule is O=C(COc1ccccc1F)N1CCC[C@@H](Cc2ccccn2)C1. The number of ether oxygens (including phenoxy) is 1. The number of rotatable bonds is 5. The Labute approximate surface area is 141 Å². The van der Waals surface area contributed by atoms with Gasteiger partial charge in [0, 0.05) is 25.0 Å². The van der Waals surface area contributed by atoms with Crippen LogP contribution in [0.1, 0.15) is 18.5 Å². The average Bonchev–Trinajstić information content (AvgIpc) is 2.62. The molecule has 1 saturated heterocycles.